The highest BCUT2D eigenvalue weighted by atomic mass is 16.3. The molecule has 4 nitrogen and oxygen atoms in total. The topological polar surface area (TPSA) is 25.7 Å². The van der Waals surface area contributed by atoms with Crippen LogP contribution in [0, 0.1) is 0 Å². The van der Waals surface area contributed by atoms with Gasteiger partial charge in [0, 0.05) is 44.5 Å². The van der Waals surface area contributed by atoms with Crippen LogP contribution < -0.4 is 4.90 Å². The van der Waals surface area contributed by atoms with Crippen molar-refractivity contribution in [2.45, 2.75) is 0 Å². The maximum absolute atomic E-state index is 7.12. The Hall–Kier alpha value is -7.30. The molecule has 11 aromatic rings. The van der Waals surface area contributed by atoms with E-state index in [-0.39, 0.29) is 0 Å². The molecule has 254 valence electrons. The fourth-order valence-corrected chi connectivity index (χ4v) is 8.34. The molecule has 4 heteroatoms. The van der Waals surface area contributed by atoms with Crippen molar-refractivity contribution in [3.05, 3.63) is 200 Å². The number of oxazole rings is 1. The average molecular weight is 692 g/mol. The SMILES string of the molecule is c1ccc(-c2c3ccccc3n3c2oc2c(-c4ccc(N(c5ccccc5)c5ccccc5)cc4)cc(-n4c5ccccc5c5ccccc54)cc23)cc1. The molecule has 0 amide bonds. The minimum absolute atomic E-state index is 0.842. The third-order valence-corrected chi connectivity index (χ3v) is 10.7. The lowest BCUT2D eigenvalue weighted by atomic mass is 10.0. The van der Waals surface area contributed by atoms with Gasteiger partial charge in [0.15, 0.2) is 5.58 Å². The molecule has 0 aliphatic heterocycles. The van der Waals surface area contributed by atoms with Crippen molar-refractivity contribution in [3.63, 3.8) is 0 Å². The van der Waals surface area contributed by atoms with Crippen LogP contribution in [0.1, 0.15) is 0 Å². The molecule has 0 N–H and O–H groups in total. The smallest absolute Gasteiger partial charge is 0.213 e. The minimum atomic E-state index is 0.842. The van der Waals surface area contributed by atoms with Gasteiger partial charge in [0.05, 0.1) is 27.6 Å². The molecule has 0 unspecified atom stereocenters. The second-order valence-electron chi connectivity index (χ2n) is 13.8. The van der Waals surface area contributed by atoms with Crippen LogP contribution in [0.25, 0.3) is 77.5 Å². The second-order valence-corrected chi connectivity index (χ2v) is 13.8. The highest BCUT2D eigenvalue weighted by molar-refractivity contribution is 6.11. The Kier molecular flexibility index (Phi) is 6.82. The van der Waals surface area contributed by atoms with E-state index < -0.39 is 0 Å². The average Bonchev–Trinajstić information content (AvgIpc) is 3.89. The van der Waals surface area contributed by atoms with Crippen molar-refractivity contribution in [1.82, 2.24) is 8.97 Å². The number of para-hydroxylation sites is 5. The van der Waals surface area contributed by atoms with Crippen LogP contribution in [0.2, 0.25) is 0 Å². The highest BCUT2D eigenvalue weighted by Crippen LogP contribution is 2.44. The summed E-state index contributed by atoms with van der Waals surface area (Å²) in [5.41, 5.74) is 14.9. The molecular formula is C50H33N3O. The van der Waals surface area contributed by atoms with Gasteiger partial charge in [-0.05, 0) is 77.9 Å². The van der Waals surface area contributed by atoms with E-state index in [9.17, 15) is 0 Å². The fraction of sp³-hybridized carbons (Fsp3) is 0. The number of aromatic nitrogens is 2. The maximum atomic E-state index is 7.12. The van der Waals surface area contributed by atoms with Crippen LogP contribution >= 0.6 is 0 Å². The lowest BCUT2D eigenvalue weighted by Crippen LogP contribution is -2.09. The lowest BCUT2D eigenvalue weighted by molar-refractivity contribution is 0.659. The van der Waals surface area contributed by atoms with Crippen molar-refractivity contribution in [2.75, 3.05) is 4.90 Å². The maximum Gasteiger partial charge on any atom is 0.213 e. The molecule has 0 spiro atoms. The first-order valence-corrected chi connectivity index (χ1v) is 18.4. The van der Waals surface area contributed by atoms with Crippen LogP contribution in [0.4, 0.5) is 17.1 Å². The van der Waals surface area contributed by atoms with Crippen LogP contribution in [-0.4, -0.2) is 8.97 Å². The highest BCUT2D eigenvalue weighted by Gasteiger charge is 2.24. The van der Waals surface area contributed by atoms with E-state index in [0.717, 1.165) is 67.3 Å². The molecular weight excluding hydrogens is 659 g/mol. The van der Waals surface area contributed by atoms with Crippen molar-refractivity contribution in [1.29, 1.82) is 0 Å². The number of benzene rings is 8. The molecule has 0 saturated carbocycles. The molecule has 0 radical (unpaired) electrons. The molecule has 0 fully saturated rings. The van der Waals surface area contributed by atoms with Gasteiger partial charge in [0.25, 0.3) is 0 Å². The summed E-state index contributed by atoms with van der Waals surface area (Å²) in [6, 6.07) is 71.2. The van der Waals surface area contributed by atoms with E-state index in [1.807, 2.05) is 0 Å². The van der Waals surface area contributed by atoms with Crippen LogP contribution in [0.3, 0.4) is 0 Å². The lowest BCUT2D eigenvalue weighted by Gasteiger charge is -2.25. The largest absolute Gasteiger partial charge is 0.437 e. The van der Waals surface area contributed by atoms with Gasteiger partial charge in [0.1, 0.15) is 0 Å². The van der Waals surface area contributed by atoms with Gasteiger partial charge in [-0.25, -0.2) is 0 Å². The Bertz CT molecular complexity index is 3040. The fourth-order valence-electron chi connectivity index (χ4n) is 8.34. The number of fused-ring (bicyclic) bond motifs is 8. The molecule has 8 aromatic carbocycles. The third-order valence-electron chi connectivity index (χ3n) is 10.7. The summed E-state index contributed by atoms with van der Waals surface area (Å²) in [4.78, 5) is 2.29. The zero-order valence-corrected chi connectivity index (χ0v) is 29.3. The second kappa shape index (κ2) is 12.1. The Morgan fingerprint density at radius 2 is 0.889 bits per heavy atom. The zero-order valence-electron chi connectivity index (χ0n) is 29.3. The summed E-state index contributed by atoms with van der Waals surface area (Å²) >= 11 is 0. The molecule has 3 heterocycles. The molecule has 0 aliphatic rings. The van der Waals surface area contributed by atoms with E-state index in [2.05, 4.69) is 214 Å². The number of hydrogen-bond acceptors (Lipinski definition) is 2. The van der Waals surface area contributed by atoms with Gasteiger partial charge >= 0.3 is 0 Å². The van der Waals surface area contributed by atoms with Crippen molar-refractivity contribution in [2.24, 2.45) is 0 Å². The van der Waals surface area contributed by atoms with Gasteiger partial charge in [-0.2, -0.15) is 0 Å². The van der Waals surface area contributed by atoms with Gasteiger partial charge in [-0.1, -0.05) is 133 Å². The van der Waals surface area contributed by atoms with Crippen LogP contribution in [0.15, 0.2) is 205 Å². The van der Waals surface area contributed by atoms with E-state index >= 15 is 0 Å². The quantitative estimate of drug-likeness (QED) is 0.173. The Balaban J connectivity index is 1.20. The predicted octanol–water partition coefficient (Wildman–Crippen LogP) is 13.7. The standard InChI is InChI=1S/C50H33N3O/c1-4-16-35(17-5-1)48-42-24-12-15-27-46(42)53-47-33-39(52-44-25-13-10-22-40(44)41-23-11-14-26-45(41)52)32-43(49(47)54-50(48)53)34-28-30-38(31-29-34)51(36-18-6-2-7-19-36)37-20-8-3-9-21-37/h1-33H. The molecule has 0 bridgehead atoms. The van der Waals surface area contributed by atoms with Gasteiger partial charge < -0.3 is 13.9 Å². The van der Waals surface area contributed by atoms with Crippen molar-refractivity contribution in [3.8, 4) is 27.9 Å². The first-order chi connectivity index (χ1) is 26.8. The van der Waals surface area contributed by atoms with Gasteiger partial charge in [-0.3, -0.25) is 4.40 Å². The number of nitrogens with zero attached hydrogens (tertiary/aromatic N) is 3. The molecule has 0 saturated heterocycles. The van der Waals surface area contributed by atoms with E-state index in [1.165, 1.54) is 27.2 Å². The Labute approximate surface area is 312 Å². The first-order valence-electron chi connectivity index (χ1n) is 18.4. The van der Waals surface area contributed by atoms with Crippen molar-refractivity contribution >= 4 is 66.6 Å². The van der Waals surface area contributed by atoms with E-state index in [0.29, 0.717) is 0 Å². The summed E-state index contributed by atoms with van der Waals surface area (Å²) < 4.78 is 11.8. The van der Waals surface area contributed by atoms with E-state index in [4.69, 9.17) is 4.42 Å². The zero-order chi connectivity index (χ0) is 35.6. The summed E-state index contributed by atoms with van der Waals surface area (Å²) in [5, 5.41) is 3.63. The van der Waals surface area contributed by atoms with Crippen LogP contribution in [0.5, 0.6) is 0 Å². The number of rotatable bonds is 6. The summed E-state index contributed by atoms with van der Waals surface area (Å²) in [6.07, 6.45) is 0. The van der Waals surface area contributed by atoms with Crippen LogP contribution in [-0.2, 0) is 0 Å². The molecule has 0 aliphatic carbocycles. The molecule has 3 aromatic heterocycles. The first kappa shape index (κ1) is 30.3. The summed E-state index contributed by atoms with van der Waals surface area (Å²) in [7, 11) is 0. The molecule has 54 heavy (non-hydrogen) atoms. The molecule has 0 atom stereocenters. The Morgan fingerprint density at radius 3 is 1.50 bits per heavy atom. The Morgan fingerprint density at radius 1 is 0.389 bits per heavy atom. The van der Waals surface area contributed by atoms with E-state index in [1.54, 1.807) is 0 Å². The number of anilines is 3. The number of hydrogen-bond donors (Lipinski definition) is 0. The minimum Gasteiger partial charge on any atom is -0.437 e. The summed E-state index contributed by atoms with van der Waals surface area (Å²) in [5.74, 6) is 0. The van der Waals surface area contributed by atoms with Gasteiger partial charge in [-0.15, -0.1) is 0 Å². The van der Waals surface area contributed by atoms with Crippen molar-refractivity contribution < 1.29 is 4.42 Å². The summed E-state index contributed by atoms with van der Waals surface area (Å²) in [6.45, 7) is 0. The normalized spacial score (nSPS) is 11.7. The molecule has 11 rings (SSSR count). The predicted molar refractivity (Wildman–Crippen MR) is 225 cm³/mol. The van der Waals surface area contributed by atoms with Gasteiger partial charge in [0.2, 0.25) is 5.71 Å². The third kappa shape index (κ3) is 4.64. The monoisotopic (exact) mass is 691 g/mol.